The van der Waals surface area contributed by atoms with Crippen molar-refractivity contribution in [1.82, 2.24) is 10.2 Å². The van der Waals surface area contributed by atoms with Crippen LogP contribution in [0.2, 0.25) is 5.02 Å². The zero-order valence-electron chi connectivity index (χ0n) is 7.29. The van der Waals surface area contributed by atoms with Gasteiger partial charge in [0.15, 0.2) is 0 Å². The standard InChI is InChI=1S/C9H6BrClN2O/c1-5-12-13-9(14-5)6-3-2-4-7(10)8(6)11/h2-4H,1H3. The molecule has 0 aliphatic rings. The summed E-state index contributed by atoms with van der Waals surface area (Å²) < 4.78 is 6.09. The van der Waals surface area contributed by atoms with Crippen LogP contribution in [0.4, 0.5) is 0 Å². The summed E-state index contributed by atoms with van der Waals surface area (Å²) >= 11 is 9.39. The third-order valence-electron chi connectivity index (χ3n) is 1.71. The Morgan fingerprint density at radius 3 is 2.79 bits per heavy atom. The second kappa shape index (κ2) is 3.71. The topological polar surface area (TPSA) is 38.9 Å². The molecular formula is C9H6BrClN2O. The fraction of sp³-hybridized carbons (Fsp3) is 0.111. The largest absolute Gasteiger partial charge is 0.421 e. The summed E-state index contributed by atoms with van der Waals surface area (Å²) in [5.74, 6) is 0.963. The van der Waals surface area contributed by atoms with Crippen molar-refractivity contribution in [2.24, 2.45) is 0 Å². The highest BCUT2D eigenvalue weighted by molar-refractivity contribution is 9.10. The van der Waals surface area contributed by atoms with Crippen molar-refractivity contribution >= 4 is 27.5 Å². The van der Waals surface area contributed by atoms with Crippen LogP contribution in [-0.2, 0) is 0 Å². The van der Waals surface area contributed by atoms with Crippen LogP contribution in [0.15, 0.2) is 27.1 Å². The molecule has 1 heterocycles. The maximum Gasteiger partial charge on any atom is 0.249 e. The summed E-state index contributed by atoms with van der Waals surface area (Å²) in [5.41, 5.74) is 0.738. The van der Waals surface area contributed by atoms with Gasteiger partial charge >= 0.3 is 0 Å². The third kappa shape index (κ3) is 1.67. The van der Waals surface area contributed by atoms with E-state index in [1.165, 1.54) is 0 Å². The molecule has 0 N–H and O–H groups in total. The van der Waals surface area contributed by atoms with Crippen LogP contribution in [-0.4, -0.2) is 10.2 Å². The van der Waals surface area contributed by atoms with Crippen LogP contribution in [0.5, 0.6) is 0 Å². The van der Waals surface area contributed by atoms with E-state index in [9.17, 15) is 0 Å². The van der Waals surface area contributed by atoms with Gasteiger partial charge < -0.3 is 4.42 Å². The van der Waals surface area contributed by atoms with E-state index in [1.54, 1.807) is 6.92 Å². The van der Waals surface area contributed by atoms with E-state index < -0.39 is 0 Å². The third-order valence-corrected chi connectivity index (χ3v) is 3.00. The quantitative estimate of drug-likeness (QED) is 0.798. The molecule has 0 aliphatic heterocycles. The summed E-state index contributed by atoms with van der Waals surface area (Å²) in [4.78, 5) is 0. The Balaban J connectivity index is 2.57. The first-order valence-electron chi connectivity index (χ1n) is 3.93. The van der Waals surface area contributed by atoms with Crippen molar-refractivity contribution < 1.29 is 4.42 Å². The maximum atomic E-state index is 6.06. The van der Waals surface area contributed by atoms with Crippen LogP contribution >= 0.6 is 27.5 Å². The number of hydrogen-bond acceptors (Lipinski definition) is 3. The fourth-order valence-electron chi connectivity index (χ4n) is 1.07. The number of aryl methyl sites for hydroxylation is 1. The molecule has 0 fully saturated rings. The fourth-order valence-corrected chi connectivity index (χ4v) is 1.65. The summed E-state index contributed by atoms with van der Waals surface area (Å²) in [6, 6.07) is 5.56. The molecule has 0 aliphatic carbocycles. The van der Waals surface area contributed by atoms with Gasteiger partial charge in [-0.15, -0.1) is 10.2 Å². The van der Waals surface area contributed by atoms with Gasteiger partial charge in [0, 0.05) is 11.4 Å². The van der Waals surface area contributed by atoms with E-state index in [4.69, 9.17) is 16.0 Å². The molecule has 5 heteroatoms. The molecule has 0 saturated heterocycles. The number of benzene rings is 1. The van der Waals surface area contributed by atoms with Gasteiger partial charge in [0.05, 0.1) is 10.6 Å². The molecule has 0 amide bonds. The summed E-state index contributed by atoms with van der Waals surface area (Å²) in [6.07, 6.45) is 0. The normalized spacial score (nSPS) is 10.5. The van der Waals surface area contributed by atoms with Crippen molar-refractivity contribution in [2.75, 3.05) is 0 Å². The highest BCUT2D eigenvalue weighted by atomic mass is 79.9. The summed E-state index contributed by atoms with van der Waals surface area (Å²) in [6.45, 7) is 1.74. The maximum absolute atomic E-state index is 6.06. The monoisotopic (exact) mass is 272 g/mol. The van der Waals surface area contributed by atoms with E-state index >= 15 is 0 Å². The van der Waals surface area contributed by atoms with E-state index in [-0.39, 0.29) is 0 Å². The number of nitrogens with zero attached hydrogens (tertiary/aromatic N) is 2. The van der Waals surface area contributed by atoms with Crippen molar-refractivity contribution in [3.63, 3.8) is 0 Å². The van der Waals surface area contributed by atoms with Gasteiger partial charge in [0.2, 0.25) is 11.8 Å². The van der Waals surface area contributed by atoms with Crippen LogP contribution in [0.25, 0.3) is 11.5 Å². The molecule has 0 bridgehead atoms. The van der Waals surface area contributed by atoms with Crippen molar-refractivity contribution in [3.05, 3.63) is 33.6 Å². The van der Waals surface area contributed by atoms with Gasteiger partial charge in [0.1, 0.15) is 0 Å². The van der Waals surface area contributed by atoms with Crippen LogP contribution in [0.3, 0.4) is 0 Å². The average Bonchev–Trinajstić information content (AvgIpc) is 2.57. The Hall–Kier alpha value is -0.870. The van der Waals surface area contributed by atoms with Gasteiger partial charge in [-0.05, 0) is 28.1 Å². The Labute approximate surface area is 94.2 Å². The second-order valence-corrected chi connectivity index (χ2v) is 3.96. The molecule has 2 rings (SSSR count). The van der Waals surface area contributed by atoms with Crippen molar-refractivity contribution in [3.8, 4) is 11.5 Å². The lowest BCUT2D eigenvalue weighted by atomic mass is 10.2. The molecule has 14 heavy (non-hydrogen) atoms. The molecular weight excluding hydrogens is 267 g/mol. The molecule has 0 unspecified atom stereocenters. The lowest BCUT2D eigenvalue weighted by molar-refractivity contribution is 0.533. The first kappa shape index (κ1) is 9.68. The van der Waals surface area contributed by atoms with E-state index in [1.807, 2.05) is 18.2 Å². The number of aromatic nitrogens is 2. The van der Waals surface area contributed by atoms with Gasteiger partial charge in [0.25, 0.3) is 0 Å². The van der Waals surface area contributed by atoms with Gasteiger partial charge in [-0.1, -0.05) is 17.7 Å². The Morgan fingerprint density at radius 2 is 2.14 bits per heavy atom. The summed E-state index contributed by atoms with van der Waals surface area (Å²) in [5, 5.41) is 8.22. The van der Waals surface area contributed by atoms with Crippen LogP contribution < -0.4 is 0 Å². The molecule has 2 aromatic rings. The highest BCUT2D eigenvalue weighted by Gasteiger charge is 2.11. The minimum absolute atomic E-state index is 0.439. The zero-order valence-corrected chi connectivity index (χ0v) is 9.63. The number of rotatable bonds is 1. The predicted molar refractivity (Wildman–Crippen MR) is 57.2 cm³/mol. The minimum atomic E-state index is 0.439. The molecule has 0 atom stereocenters. The minimum Gasteiger partial charge on any atom is -0.421 e. The van der Waals surface area contributed by atoms with Gasteiger partial charge in [-0.3, -0.25) is 0 Å². The smallest absolute Gasteiger partial charge is 0.249 e. The average molecular weight is 274 g/mol. The first-order valence-corrected chi connectivity index (χ1v) is 5.10. The molecule has 0 spiro atoms. The molecule has 1 aromatic heterocycles. The molecule has 72 valence electrons. The summed E-state index contributed by atoms with van der Waals surface area (Å²) in [7, 11) is 0. The van der Waals surface area contributed by atoms with Gasteiger partial charge in [-0.2, -0.15) is 0 Å². The van der Waals surface area contributed by atoms with Crippen molar-refractivity contribution in [2.45, 2.75) is 6.92 Å². The highest BCUT2D eigenvalue weighted by Crippen LogP contribution is 2.32. The molecule has 0 saturated carbocycles. The Morgan fingerprint density at radius 1 is 1.36 bits per heavy atom. The van der Waals surface area contributed by atoms with Crippen molar-refractivity contribution in [1.29, 1.82) is 0 Å². The number of hydrogen-bond donors (Lipinski definition) is 0. The van der Waals surface area contributed by atoms with Crippen LogP contribution in [0, 0.1) is 6.92 Å². The van der Waals surface area contributed by atoms with Gasteiger partial charge in [-0.25, -0.2) is 0 Å². The first-order chi connectivity index (χ1) is 6.68. The SMILES string of the molecule is Cc1nnc(-c2cccc(Br)c2Cl)o1. The van der Waals surface area contributed by atoms with Crippen LogP contribution in [0.1, 0.15) is 5.89 Å². The molecule has 0 radical (unpaired) electrons. The lowest BCUT2D eigenvalue weighted by Crippen LogP contribution is -1.80. The lowest BCUT2D eigenvalue weighted by Gasteiger charge is -1.99. The Bertz CT molecular complexity index is 470. The Kier molecular flexibility index (Phi) is 2.56. The number of halogens is 2. The van der Waals surface area contributed by atoms with E-state index in [0.29, 0.717) is 16.8 Å². The zero-order chi connectivity index (χ0) is 10.1. The van der Waals surface area contributed by atoms with E-state index in [0.717, 1.165) is 10.0 Å². The van der Waals surface area contributed by atoms with E-state index in [2.05, 4.69) is 26.1 Å². The molecule has 1 aromatic carbocycles. The predicted octanol–water partition coefficient (Wildman–Crippen LogP) is 3.46. The second-order valence-electron chi connectivity index (χ2n) is 2.73. The molecule has 3 nitrogen and oxygen atoms in total.